The van der Waals surface area contributed by atoms with Crippen molar-refractivity contribution in [2.75, 3.05) is 0 Å². The minimum atomic E-state index is 1.06. The predicted molar refractivity (Wildman–Crippen MR) is 68.1 cm³/mol. The van der Waals surface area contributed by atoms with E-state index in [0.717, 1.165) is 4.90 Å². The fourth-order valence-electron chi connectivity index (χ4n) is 0.786. The van der Waals surface area contributed by atoms with Crippen molar-refractivity contribution in [3.63, 3.8) is 0 Å². The largest absolute Gasteiger partial charge is 0.143 e. The van der Waals surface area contributed by atoms with Crippen molar-refractivity contribution < 1.29 is 0 Å². The van der Waals surface area contributed by atoms with E-state index in [1.165, 1.54) is 5.56 Å². The van der Waals surface area contributed by atoms with Gasteiger partial charge in [0.25, 0.3) is 0 Å². The molecule has 0 fully saturated rings. The van der Waals surface area contributed by atoms with Crippen LogP contribution in [0.5, 0.6) is 0 Å². The smallest absolute Gasteiger partial charge is 0.00692 e. The third-order valence-corrected chi connectivity index (χ3v) is 2.11. The van der Waals surface area contributed by atoms with Crippen molar-refractivity contribution in [3.8, 4) is 0 Å². The highest BCUT2D eigenvalue weighted by atomic mass is 32.1. The van der Waals surface area contributed by atoms with Crippen LogP contribution in [0.3, 0.4) is 0 Å². The molecule has 0 saturated heterocycles. The van der Waals surface area contributed by atoms with Gasteiger partial charge in [-0.3, -0.25) is 0 Å². The Balaban J connectivity index is 0.000000255. The molecular weight excluding hydrogens is 188 g/mol. The second kappa shape index (κ2) is 8.64. The molecule has 1 rings (SSSR count). The van der Waals surface area contributed by atoms with Crippen LogP contribution in [-0.2, 0) is 0 Å². The van der Waals surface area contributed by atoms with Gasteiger partial charge in [0.2, 0.25) is 0 Å². The predicted octanol–water partition coefficient (Wildman–Crippen LogP) is 4.42. The summed E-state index contributed by atoms with van der Waals surface area (Å²) in [6.07, 6.45) is 8.00. The van der Waals surface area contributed by atoms with E-state index in [2.05, 4.69) is 12.6 Å². The Hall–Kier alpha value is -0.950. The number of thiol groups is 1. The molecule has 0 aromatic heterocycles. The van der Waals surface area contributed by atoms with Crippen LogP contribution in [0.25, 0.3) is 0 Å². The average Bonchev–Trinajstić information content (AvgIpc) is 2.20. The molecule has 0 aliphatic heterocycles. The Labute approximate surface area is 92.8 Å². The Bertz CT molecular complexity index is 267. The van der Waals surface area contributed by atoms with Crippen LogP contribution in [-0.4, -0.2) is 0 Å². The summed E-state index contributed by atoms with van der Waals surface area (Å²) in [5, 5.41) is 0. The zero-order valence-corrected chi connectivity index (χ0v) is 9.96. The van der Waals surface area contributed by atoms with Crippen molar-refractivity contribution in [2.24, 2.45) is 0 Å². The van der Waals surface area contributed by atoms with Gasteiger partial charge in [-0.15, -0.1) is 12.6 Å². The summed E-state index contributed by atoms with van der Waals surface area (Å²) in [7, 11) is 0. The first-order chi connectivity index (χ1) is 6.72. The lowest BCUT2D eigenvalue weighted by atomic mass is 10.2. The molecule has 0 nitrogen and oxygen atoms in total. The minimum Gasteiger partial charge on any atom is -0.143 e. The van der Waals surface area contributed by atoms with E-state index in [0.29, 0.717) is 0 Å². The van der Waals surface area contributed by atoms with E-state index in [4.69, 9.17) is 0 Å². The SMILES string of the molecule is C/C=C\C=C/C.Cc1ccccc1S. The summed E-state index contributed by atoms with van der Waals surface area (Å²) in [6, 6.07) is 8.02. The molecule has 0 heterocycles. The Morgan fingerprint density at radius 2 is 1.50 bits per heavy atom. The fourth-order valence-corrected chi connectivity index (χ4v) is 0.946. The van der Waals surface area contributed by atoms with Crippen molar-refractivity contribution in [2.45, 2.75) is 25.7 Å². The first-order valence-corrected chi connectivity index (χ1v) is 5.15. The zero-order chi connectivity index (χ0) is 10.8. The fraction of sp³-hybridized carbons (Fsp3) is 0.231. The Morgan fingerprint density at radius 3 is 1.79 bits per heavy atom. The standard InChI is InChI=1S/C7H8S.C6H10/c1-6-4-2-3-5-7(6)8;1-3-5-6-4-2/h2-5,8H,1H3;3-6H,1-2H3/b;5-3-,6-4-. The highest BCUT2D eigenvalue weighted by molar-refractivity contribution is 7.80. The lowest BCUT2D eigenvalue weighted by Gasteiger charge is -1.92. The molecule has 0 aliphatic carbocycles. The summed E-state index contributed by atoms with van der Waals surface area (Å²) in [5.41, 5.74) is 1.23. The second-order valence-electron chi connectivity index (χ2n) is 2.84. The van der Waals surface area contributed by atoms with Crippen LogP contribution in [0.15, 0.2) is 53.5 Å². The molecule has 0 saturated carbocycles. The highest BCUT2D eigenvalue weighted by Gasteiger charge is 1.84. The number of hydrogen-bond acceptors (Lipinski definition) is 1. The molecule has 0 spiro atoms. The van der Waals surface area contributed by atoms with Gasteiger partial charge in [0.05, 0.1) is 0 Å². The van der Waals surface area contributed by atoms with Crippen molar-refractivity contribution in [1.29, 1.82) is 0 Å². The molecule has 1 heteroatoms. The summed E-state index contributed by atoms with van der Waals surface area (Å²) in [4.78, 5) is 1.06. The van der Waals surface area contributed by atoms with E-state index >= 15 is 0 Å². The molecule has 0 atom stereocenters. The first-order valence-electron chi connectivity index (χ1n) is 4.71. The monoisotopic (exact) mass is 206 g/mol. The van der Waals surface area contributed by atoms with Crippen LogP contribution >= 0.6 is 12.6 Å². The highest BCUT2D eigenvalue weighted by Crippen LogP contribution is 2.09. The average molecular weight is 206 g/mol. The summed E-state index contributed by atoms with van der Waals surface area (Å²) >= 11 is 4.20. The van der Waals surface area contributed by atoms with E-state index in [9.17, 15) is 0 Å². The van der Waals surface area contributed by atoms with Crippen LogP contribution in [0.1, 0.15) is 19.4 Å². The third kappa shape index (κ3) is 6.55. The zero-order valence-electron chi connectivity index (χ0n) is 9.07. The summed E-state index contributed by atoms with van der Waals surface area (Å²) in [6.45, 7) is 6.04. The van der Waals surface area contributed by atoms with E-state index in [1.54, 1.807) is 0 Å². The molecule has 1 aromatic rings. The molecule has 0 unspecified atom stereocenters. The van der Waals surface area contributed by atoms with Gasteiger partial charge in [0, 0.05) is 4.90 Å². The number of allylic oxidation sites excluding steroid dienone is 4. The summed E-state index contributed by atoms with van der Waals surface area (Å²) in [5.74, 6) is 0. The minimum absolute atomic E-state index is 1.06. The van der Waals surface area contributed by atoms with Gasteiger partial charge in [-0.05, 0) is 32.4 Å². The van der Waals surface area contributed by atoms with Gasteiger partial charge in [-0.2, -0.15) is 0 Å². The molecule has 0 aliphatic rings. The maximum Gasteiger partial charge on any atom is 0.00692 e. The van der Waals surface area contributed by atoms with Gasteiger partial charge in [-0.25, -0.2) is 0 Å². The number of benzene rings is 1. The van der Waals surface area contributed by atoms with Crippen molar-refractivity contribution in [1.82, 2.24) is 0 Å². The normalized spacial score (nSPS) is 10.3. The molecule has 76 valence electrons. The lowest BCUT2D eigenvalue weighted by molar-refractivity contribution is 1.31. The van der Waals surface area contributed by atoms with E-state index < -0.39 is 0 Å². The maximum absolute atomic E-state index is 4.20. The van der Waals surface area contributed by atoms with Crippen LogP contribution in [0, 0.1) is 6.92 Å². The molecule has 0 amide bonds. The van der Waals surface area contributed by atoms with Gasteiger partial charge >= 0.3 is 0 Å². The van der Waals surface area contributed by atoms with Crippen molar-refractivity contribution in [3.05, 3.63) is 54.1 Å². The van der Waals surface area contributed by atoms with E-state index in [1.807, 2.05) is 69.3 Å². The van der Waals surface area contributed by atoms with Gasteiger partial charge in [-0.1, -0.05) is 42.5 Å². The van der Waals surface area contributed by atoms with Crippen LogP contribution in [0.4, 0.5) is 0 Å². The maximum atomic E-state index is 4.20. The number of rotatable bonds is 1. The number of hydrogen-bond donors (Lipinski definition) is 1. The summed E-state index contributed by atoms with van der Waals surface area (Å²) < 4.78 is 0. The lowest BCUT2D eigenvalue weighted by Crippen LogP contribution is -1.70. The number of aryl methyl sites for hydroxylation is 1. The Kier molecular flexibility index (Phi) is 8.05. The molecule has 0 radical (unpaired) electrons. The quantitative estimate of drug-likeness (QED) is 0.510. The van der Waals surface area contributed by atoms with Crippen molar-refractivity contribution >= 4 is 12.6 Å². The van der Waals surface area contributed by atoms with Gasteiger partial charge in [0.1, 0.15) is 0 Å². The molecule has 1 aromatic carbocycles. The van der Waals surface area contributed by atoms with Gasteiger partial charge < -0.3 is 0 Å². The third-order valence-electron chi connectivity index (χ3n) is 1.61. The molecule has 0 N–H and O–H groups in total. The second-order valence-corrected chi connectivity index (χ2v) is 3.32. The van der Waals surface area contributed by atoms with Gasteiger partial charge in [0.15, 0.2) is 0 Å². The molecule has 0 bridgehead atoms. The van der Waals surface area contributed by atoms with Crippen LogP contribution < -0.4 is 0 Å². The molecule has 14 heavy (non-hydrogen) atoms. The van der Waals surface area contributed by atoms with Crippen LogP contribution in [0.2, 0.25) is 0 Å². The molecular formula is C13H18S. The topological polar surface area (TPSA) is 0 Å². The Morgan fingerprint density at radius 1 is 1.00 bits per heavy atom. The van der Waals surface area contributed by atoms with E-state index in [-0.39, 0.29) is 0 Å². The first kappa shape index (κ1) is 13.1.